The molecule has 2 aliphatic rings. The number of aliphatic imine (C=N–C) groups is 1. The monoisotopic (exact) mass is 294 g/mol. The minimum Gasteiger partial charge on any atom is -0.384 e. The van der Waals surface area contributed by atoms with Crippen molar-refractivity contribution >= 4 is 27.6 Å². The number of hydrogen-bond acceptors (Lipinski definition) is 4. The van der Waals surface area contributed by atoms with Crippen LogP contribution in [-0.2, 0) is 0 Å². The maximum absolute atomic E-state index is 5.75. The number of nitrogens with two attached hydrogens (primary N) is 1. The minimum atomic E-state index is 0.385. The number of anilines is 1. The minimum absolute atomic E-state index is 0.385. The second-order valence-corrected chi connectivity index (χ2v) is 5.44. The predicted molar refractivity (Wildman–Crippen MR) is 73.4 cm³/mol. The van der Waals surface area contributed by atoms with Gasteiger partial charge in [-0.1, -0.05) is 15.9 Å². The van der Waals surface area contributed by atoms with Crippen molar-refractivity contribution in [1.29, 1.82) is 0 Å². The zero-order chi connectivity index (χ0) is 11.8. The van der Waals surface area contributed by atoms with Crippen LogP contribution in [-0.4, -0.2) is 25.1 Å². The lowest BCUT2D eigenvalue weighted by atomic mass is 9.91. The summed E-state index contributed by atoms with van der Waals surface area (Å²) < 4.78 is 1.13. The summed E-state index contributed by atoms with van der Waals surface area (Å²) in [6.45, 7) is 1.79. The summed E-state index contributed by atoms with van der Waals surface area (Å²) in [4.78, 5) is 4.18. The molecule has 2 atom stereocenters. The lowest BCUT2D eigenvalue weighted by molar-refractivity contribution is 0.471. The Labute approximate surface area is 109 Å². The summed E-state index contributed by atoms with van der Waals surface area (Å²) in [5, 5.41) is 6.74. The molecular formula is C12H15BrN4. The van der Waals surface area contributed by atoms with E-state index in [1.807, 2.05) is 0 Å². The Kier molecular flexibility index (Phi) is 2.70. The van der Waals surface area contributed by atoms with Gasteiger partial charge in [-0.3, -0.25) is 4.99 Å². The maximum atomic E-state index is 5.75. The van der Waals surface area contributed by atoms with E-state index >= 15 is 0 Å². The van der Waals surface area contributed by atoms with Gasteiger partial charge >= 0.3 is 0 Å². The highest BCUT2D eigenvalue weighted by Crippen LogP contribution is 2.36. The number of nitrogens with one attached hydrogen (secondary N) is 2. The van der Waals surface area contributed by atoms with Crippen molar-refractivity contribution in [2.75, 3.05) is 18.4 Å². The van der Waals surface area contributed by atoms with Crippen LogP contribution in [0, 0.1) is 0 Å². The summed E-state index contributed by atoms with van der Waals surface area (Å²) in [7, 11) is 0. The van der Waals surface area contributed by atoms with Gasteiger partial charge < -0.3 is 16.4 Å². The van der Waals surface area contributed by atoms with E-state index in [1.54, 1.807) is 0 Å². The molecule has 0 fully saturated rings. The Hall–Kier alpha value is -1.23. The topological polar surface area (TPSA) is 62.4 Å². The van der Waals surface area contributed by atoms with Crippen LogP contribution in [0.3, 0.4) is 0 Å². The fourth-order valence-electron chi connectivity index (χ4n) is 2.62. The standard InChI is InChI=1S/C12H15BrN4/c13-7-1-2-10-8(5-7)9(6-16-10)11-3-4-15-12(14)17-11/h1-2,5,9,11,16H,3-4,6H2,(H3,14,15,17). The van der Waals surface area contributed by atoms with Crippen molar-refractivity contribution in [3.63, 3.8) is 0 Å². The predicted octanol–water partition coefficient (Wildman–Crippen LogP) is 1.63. The lowest BCUT2D eigenvalue weighted by Gasteiger charge is -2.28. The number of halogens is 1. The van der Waals surface area contributed by atoms with E-state index in [2.05, 4.69) is 49.8 Å². The molecule has 5 heteroatoms. The Morgan fingerprint density at radius 2 is 2.29 bits per heavy atom. The molecule has 2 unspecified atom stereocenters. The van der Waals surface area contributed by atoms with E-state index in [-0.39, 0.29) is 0 Å². The summed E-state index contributed by atoms with van der Waals surface area (Å²) in [5.74, 6) is 1.04. The number of hydrogen-bond donors (Lipinski definition) is 3. The van der Waals surface area contributed by atoms with Gasteiger partial charge in [-0.15, -0.1) is 0 Å². The fourth-order valence-corrected chi connectivity index (χ4v) is 3.00. The highest BCUT2D eigenvalue weighted by molar-refractivity contribution is 9.10. The first-order valence-corrected chi connectivity index (χ1v) is 6.63. The molecule has 0 aromatic heterocycles. The third-order valence-corrected chi connectivity index (χ3v) is 3.96. The largest absolute Gasteiger partial charge is 0.384 e. The highest BCUT2D eigenvalue weighted by atomic mass is 79.9. The average molecular weight is 295 g/mol. The van der Waals surface area contributed by atoms with E-state index in [4.69, 9.17) is 5.73 Å². The molecule has 1 aromatic rings. The van der Waals surface area contributed by atoms with Crippen LogP contribution in [0.4, 0.5) is 5.69 Å². The van der Waals surface area contributed by atoms with Crippen molar-refractivity contribution in [2.45, 2.75) is 18.4 Å². The van der Waals surface area contributed by atoms with Gasteiger partial charge in [0.15, 0.2) is 5.96 Å². The van der Waals surface area contributed by atoms with Crippen molar-refractivity contribution in [3.05, 3.63) is 28.2 Å². The molecule has 0 amide bonds. The summed E-state index contributed by atoms with van der Waals surface area (Å²) in [6, 6.07) is 6.78. The fraction of sp³-hybridized carbons (Fsp3) is 0.417. The number of fused-ring (bicyclic) bond motifs is 1. The van der Waals surface area contributed by atoms with Gasteiger partial charge in [-0.05, 0) is 30.2 Å². The van der Waals surface area contributed by atoms with Gasteiger partial charge in [-0.2, -0.15) is 0 Å². The van der Waals surface area contributed by atoms with Crippen LogP contribution >= 0.6 is 15.9 Å². The van der Waals surface area contributed by atoms with Crippen LogP contribution in [0.1, 0.15) is 17.9 Å². The number of nitrogens with zero attached hydrogens (tertiary/aromatic N) is 1. The molecule has 90 valence electrons. The SMILES string of the molecule is NC1=NCCC(C2CNc3ccc(Br)cc32)N1. The van der Waals surface area contributed by atoms with Gasteiger partial charge in [-0.25, -0.2) is 0 Å². The molecule has 4 N–H and O–H groups in total. The molecule has 0 saturated heterocycles. The van der Waals surface area contributed by atoms with E-state index in [1.165, 1.54) is 11.3 Å². The third kappa shape index (κ3) is 1.99. The van der Waals surface area contributed by atoms with Crippen LogP contribution in [0.2, 0.25) is 0 Å². The van der Waals surface area contributed by atoms with Crippen LogP contribution in [0.25, 0.3) is 0 Å². The molecule has 3 rings (SSSR count). The molecule has 17 heavy (non-hydrogen) atoms. The second-order valence-electron chi connectivity index (χ2n) is 4.53. The Bertz CT molecular complexity index is 472. The zero-order valence-electron chi connectivity index (χ0n) is 9.41. The maximum Gasteiger partial charge on any atom is 0.188 e. The first-order valence-electron chi connectivity index (χ1n) is 5.84. The van der Waals surface area contributed by atoms with Gasteiger partial charge in [0.25, 0.3) is 0 Å². The van der Waals surface area contributed by atoms with Gasteiger partial charge in [0, 0.05) is 35.2 Å². The Morgan fingerprint density at radius 3 is 3.12 bits per heavy atom. The number of rotatable bonds is 1. The van der Waals surface area contributed by atoms with Gasteiger partial charge in [0.1, 0.15) is 0 Å². The molecule has 0 radical (unpaired) electrons. The normalized spacial score (nSPS) is 26.8. The van der Waals surface area contributed by atoms with Crippen LogP contribution in [0.5, 0.6) is 0 Å². The molecular weight excluding hydrogens is 280 g/mol. The van der Waals surface area contributed by atoms with Gasteiger partial charge in [0.2, 0.25) is 0 Å². The average Bonchev–Trinajstić information content (AvgIpc) is 2.71. The van der Waals surface area contributed by atoms with E-state index in [0.29, 0.717) is 17.9 Å². The molecule has 0 spiro atoms. The molecule has 0 saturated carbocycles. The molecule has 2 aliphatic heterocycles. The number of guanidine groups is 1. The van der Waals surface area contributed by atoms with E-state index in [0.717, 1.165) is 24.0 Å². The molecule has 0 bridgehead atoms. The molecule has 1 aromatic carbocycles. The molecule has 0 aliphatic carbocycles. The van der Waals surface area contributed by atoms with Crippen molar-refractivity contribution < 1.29 is 0 Å². The summed E-state index contributed by atoms with van der Waals surface area (Å²) >= 11 is 3.53. The first kappa shape index (κ1) is 10.9. The smallest absolute Gasteiger partial charge is 0.188 e. The molecule has 2 heterocycles. The van der Waals surface area contributed by atoms with Crippen LogP contribution < -0.4 is 16.4 Å². The Morgan fingerprint density at radius 1 is 1.41 bits per heavy atom. The van der Waals surface area contributed by atoms with E-state index in [9.17, 15) is 0 Å². The third-order valence-electron chi connectivity index (χ3n) is 3.47. The first-order chi connectivity index (χ1) is 8.24. The van der Waals surface area contributed by atoms with Gasteiger partial charge in [0.05, 0.1) is 0 Å². The Balaban J connectivity index is 1.88. The van der Waals surface area contributed by atoms with Crippen molar-refractivity contribution in [2.24, 2.45) is 10.7 Å². The van der Waals surface area contributed by atoms with Crippen molar-refractivity contribution in [1.82, 2.24) is 5.32 Å². The van der Waals surface area contributed by atoms with Crippen LogP contribution in [0.15, 0.2) is 27.7 Å². The molecule has 4 nitrogen and oxygen atoms in total. The summed E-state index contributed by atoms with van der Waals surface area (Å²) in [6.07, 6.45) is 1.04. The zero-order valence-corrected chi connectivity index (χ0v) is 11.0. The second kappa shape index (κ2) is 4.22. The summed E-state index contributed by atoms with van der Waals surface area (Å²) in [5.41, 5.74) is 8.36. The quantitative estimate of drug-likeness (QED) is 0.738. The van der Waals surface area contributed by atoms with Crippen molar-refractivity contribution in [3.8, 4) is 0 Å². The number of benzene rings is 1. The van der Waals surface area contributed by atoms with E-state index < -0.39 is 0 Å². The lowest BCUT2D eigenvalue weighted by Crippen LogP contribution is -2.47. The highest BCUT2D eigenvalue weighted by Gasteiger charge is 2.31.